The third-order valence-electron chi connectivity index (χ3n) is 3.97. The summed E-state index contributed by atoms with van der Waals surface area (Å²) in [6.45, 7) is 6.35. The van der Waals surface area contributed by atoms with Crippen molar-refractivity contribution in [1.82, 2.24) is 0 Å². The number of carbonyl (C=O) groups is 1. The molecular formula is C19H37O2. The molecule has 0 bridgehead atoms. The van der Waals surface area contributed by atoms with E-state index in [0.29, 0.717) is 6.61 Å². The molecule has 0 aliphatic heterocycles. The van der Waals surface area contributed by atoms with Crippen LogP contribution in [0, 0.1) is 6.92 Å². The molecule has 0 spiro atoms. The Morgan fingerprint density at radius 3 is 1.48 bits per heavy atom. The predicted octanol–water partition coefficient (Wildman–Crippen LogP) is 6.24. The molecule has 0 rings (SSSR count). The summed E-state index contributed by atoms with van der Waals surface area (Å²) in [6.07, 6.45) is 19.1. The normalized spacial score (nSPS) is 10.8. The molecular weight excluding hydrogens is 260 g/mol. The van der Waals surface area contributed by atoms with E-state index in [9.17, 15) is 4.79 Å². The lowest BCUT2D eigenvalue weighted by Gasteiger charge is -2.04. The third kappa shape index (κ3) is 17.4. The van der Waals surface area contributed by atoms with Crippen LogP contribution in [0.4, 0.5) is 0 Å². The van der Waals surface area contributed by atoms with Gasteiger partial charge >= 0.3 is 5.97 Å². The lowest BCUT2D eigenvalue weighted by molar-refractivity contribution is -0.142. The quantitative estimate of drug-likeness (QED) is 0.249. The summed E-state index contributed by atoms with van der Waals surface area (Å²) in [5.74, 6) is -0.176. The van der Waals surface area contributed by atoms with Gasteiger partial charge < -0.3 is 4.74 Å². The Kier molecular flexibility index (Phi) is 17.1. The average molecular weight is 298 g/mol. The van der Waals surface area contributed by atoms with Crippen molar-refractivity contribution in [3.05, 3.63) is 6.92 Å². The second kappa shape index (κ2) is 17.5. The molecule has 0 saturated carbocycles. The van der Waals surface area contributed by atoms with Crippen LogP contribution in [0.5, 0.6) is 0 Å². The van der Waals surface area contributed by atoms with Gasteiger partial charge in [0.25, 0.3) is 0 Å². The Morgan fingerprint density at radius 1 is 0.714 bits per heavy atom. The largest absolute Gasteiger partial charge is 0.466 e. The highest BCUT2D eigenvalue weighted by Gasteiger charge is 1.97. The van der Waals surface area contributed by atoms with E-state index >= 15 is 0 Å². The van der Waals surface area contributed by atoms with Gasteiger partial charge in [0.05, 0.1) is 6.61 Å². The zero-order valence-electron chi connectivity index (χ0n) is 14.3. The number of carbonyl (C=O) groups excluding carboxylic acids is 1. The van der Waals surface area contributed by atoms with E-state index in [1.54, 1.807) is 0 Å². The molecule has 0 amide bonds. The number of rotatable bonds is 16. The van der Waals surface area contributed by atoms with Crippen molar-refractivity contribution >= 4 is 5.97 Å². The van der Waals surface area contributed by atoms with Gasteiger partial charge in [0, 0.05) is 6.42 Å². The maximum Gasteiger partial charge on any atom is 0.305 e. The van der Waals surface area contributed by atoms with E-state index in [1.807, 2.05) is 0 Å². The number of hydrogen-bond donors (Lipinski definition) is 0. The molecule has 0 aromatic heterocycles. The van der Waals surface area contributed by atoms with Gasteiger partial charge in [-0.15, -0.1) is 0 Å². The van der Waals surface area contributed by atoms with Crippen molar-refractivity contribution in [3.63, 3.8) is 0 Å². The maximum absolute atomic E-state index is 10.9. The molecule has 0 saturated heterocycles. The molecule has 21 heavy (non-hydrogen) atoms. The van der Waals surface area contributed by atoms with Crippen LogP contribution in [0.15, 0.2) is 0 Å². The van der Waals surface area contributed by atoms with Crippen molar-refractivity contribution in [2.24, 2.45) is 0 Å². The second-order valence-electron chi connectivity index (χ2n) is 6.07. The highest BCUT2D eigenvalue weighted by molar-refractivity contribution is 5.69. The van der Waals surface area contributed by atoms with Crippen molar-refractivity contribution in [1.29, 1.82) is 0 Å². The molecule has 0 atom stereocenters. The fourth-order valence-corrected chi connectivity index (χ4v) is 2.55. The highest BCUT2D eigenvalue weighted by Crippen LogP contribution is 2.12. The number of hydrogen-bond acceptors (Lipinski definition) is 2. The summed E-state index contributed by atoms with van der Waals surface area (Å²) >= 11 is 0. The average Bonchev–Trinajstić information content (AvgIpc) is 2.50. The van der Waals surface area contributed by atoms with Crippen LogP contribution >= 0.6 is 0 Å². The van der Waals surface area contributed by atoms with Gasteiger partial charge in [0.1, 0.15) is 0 Å². The molecule has 2 heteroatoms. The molecule has 0 aromatic rings. The van der Waals surface area contributed by atoms with Crippen LogP contribution < -0.4 is 0 Å². The van der Waals surface area contributed by atoms with Gasteiger partial charge in [0.15, 0.2) is 0 Å². The Hall–Kier alpha value is -0.530. The Balaban J connectivity index is 2.98. The van der Waals surface area contributed by atoms with E-state index in [0.717, 1.165) is 6.42 Å². The molecule has 2 nitrogen and oxygen atoms in total. The van der Waals surface area contributed by atoms with Gasteiger partial charge in [-0.2, -0.15) is 0 Å². The predicted molar refractivity (Wildman–Crippen MR) is 91.2 cm³/mol. The van der Waals surface area contributed by atoms with E-state index < -0.39 is 0 Å². The number of unbranched alkanes of at least 4 members (excludes halogenated alkanes) is 13. The van der Waals surface area contributed by atoms with Gasteiger partial charge in [-0.1, -0.05) is 90.4 Å². The fraction of sp³-hybridized carbons (Fsp3) is 0.895. The van der Waals surface area contributed by atoms with Gasteiger partial charge in [-0.25, -0.2) is 0 Å². The first-order valence-electron chi connectivity index (χ1n) is 9.26. The summed E-state index contributed by atoms with van der Waals surface area (Å²) in [4.78, 5) is 10.9. The zero-order valence-corrected chi connectivity index (χ0v) is 14.3. The molecule has 0 aliphatic rings. The molecule has 1 radical (unpaired) electrons. The van der Waals surface area contributed by atoms with Crippen molar-refractivity contribution in [2.75, 3.05) is 6.61 Å². The lowest BCUT2D eigenvalue weighted by Crippen LogP contribution is -2.03. The summed E-state index contributed by atoms with van der Waals surface area (Å²) in [5.41, 5.74) is 0. The van der Waals surface area contributed by atoms with Crippen LogP contribution in [0.3, 0.4) is 0 Å². The topological polar surface area (TPSA) is 26.3 Å². The van der Waals surface area contributed by atoms with Crippen molar-refractivity contribution in [2.45, 2.75) is 103 Å². The fourth-order valence-electron chi connectivity index (χ4n) is 2.55. The molecule has 0 fully saturated rings. The Labute approximate surface area is 133 Å². The minimum Gasteiger partial charge on any atom is -0.466 e. The number of ether oxygens (including phenoxy) is 1. The van der Waals surface area contributed by atoms with Crippen LogP contribution in [-0.4, -0.2) is 12.6 Å². The van der Waals surface area contributed by atoms with E-state index in [2.05, 4.69) is 13.8 Å². The minimum atomic E-state index is -0.176. The van der Waals surface area contributed by atoms with E-state index in [4.69, 9.17) is 4.74 Å². The SMILES string of the molecule is [CH2]CC(=O)OCCCCCCCCCCCCCCCC. The lowest BCUT2D eigenvalue weighted by atomic mass is 10.0. The monoisotopic (exact) mass is 297 g/mol. The molecule has 125 valence electrons. The third-order valence-corrected chi connectivity index (χ3v) is 3.97. The number of esters is 1. The molecule has 0 heterocycles. The first-order valence-corrected chi connectivity index (χ1v) is 9.26. The summed E-state index contributed by atoms with van der Waals surface area (Å²) < 4.78 is 5.00. The van der Waals surface area contributed by atoms with Crippen molar-refractivity contribution in [3.8, 4) is 0 Å². The standard InChI is InChI=1S/C19H37O2/c1-3-5-6-7-8-9-10-11-12-13-14-15-16-17-18-21-19(20)4-2/h2-18H2,1H3. The molecule has 0 aromatic carbocycles. The summed E-state index contributed by atoms with van der Waals surface area (Å²) in [5, 5.41) is 0. The smallest absolute Gasteiger partial charge is 0.305 e. The first kappa shape index (κ1) is 20.5. The first-order chi connectivity index (χ1) is 10.3. The Bertz CT molecular complexity index is 214. The highest BCUT2D eigenvalue weighted by atomic mass is 16.5. The minimum absolute atomic E-state index is 0.176. The Morgan fingerprint density at radius 2 is 1.10 bits per heavy atom. The van der Waals surface area contributed by atoms with E-state index in [1.165, 1.54) is 83.5 Å². The van der Waals surface area contributed by atoms with Crippen molar-refractivity contribution < 1.29 is 9.53 Å². The molecule has 0 unspecified atom stereocenters. The van der Waals surface area contributed by atoms with Gasteiger partial charge in [0.2, 0.25) is 0 Å². The van der Waals surface area contributed by atoms with Gasteiger partial charge in [-0.3, -0.25) is 4.79 Å². The molecule has 0 aliphatic carbocycles. The van der Waals surface area contributed by atoms with Crippen LogP contribution in [0.25, 0.3) is 0 Å². The van der Waals surface area contributed by atoms with Gasteiger partial charge in [-0.05, 0) is 13.3 Å². The van der Waals surface area contributed by atoms with Crippen LogP contribution in [-0.2, 0) is 9.53 Å². The van der Waals surface area contributed by atoms with Crippen LogP contribution in [0.1, 0.15) is 103 Å². The van der Waals surface area contributed by atoms with E-state index in [-0.39, 0.29) is 12.4 Å². The zero-order chi connectivity index (χ0) is 15.6. The second-order valence-corrected chi connectivity index (χ2v) is 6.07. The summed E-state index contributed by atoms with van der Waals surface area (Å²) in [6, 6.07) is 0. The molecule has 0 N–H and O–H groups in total. The van der Waals surface area contributed by atoms with Crippen LogP contribution in [0.2, 0.25) is 0 Å². The summed E-state index contributed by atoms with van der Waals surface area (Å²) in [7, 11) is 0. The maximum atomic E-state index is 10.9.